The van der Waals surface area contributed by atoms with Crippen LogP contribution in [0.1, 0.15) is 39.2 Å². The minimum absolute atomic E-state index is 0.0106. The van der Waals surface area contributed by atoms with Crippen molar-refractivity contribution in [1.82, 2.24) is 5.32 Å². The average molecular weight is 297 g/mol. The molecule has 2 fully saturated rings. The lowest BCUT2D eigenvalue weighted by Gasteiger charge is -2.13. The van der Waals surface area contributed by atoms with Crippen LogP contribution in [0, 0.1) is 17.3 Å². The third-order valence-corrected chi connectivity index (χ3v) is 5.28. The Balaban J connectivity index is 1.62. The molecule has 1 aromatic carbocycles. The lowest BCUT2D eigenvalue weighted by molar-refractivity contribution is -0.120. The van der Waals surface area contributed by atoms with Gasteiger partial charge in [-0.2, -0.15) is 0 Å². The Morgan fingerprint density at radius 1 is 1.27 bits per heavy atom. The van der Waals surface area contributed by atoms with Crippen LogP contribution in [-0.4, -0.2) is 11.7 Å². The second kappa shape index (κ2) is 5.38. The Hall–Kier alpha value is -1.90. The molecule has 0 radical (unpaired) electrons. The molecule has 116 valence electrons. The molecule has 0 unspecified atom stereocenters. The van der Waals surface area contributed by atoms with Gasteiger partial charge in [-0.3, -0.25) is 9.59 Å². The first-order chi connectivity index (χ1) is 10.4. The van der Waals surface area contributed by atoms with Gasteiger partial charge in [-0.1, -0.05) is 44.2 Å². The normalized spacial score (nSPS) is 27.3. The number of nitrogens with one attached hydrogen (secondary N) is 1. The number of aryl methyl sites for hydroxylation is 1. The van der Waals surface area contributed by atoms with Crippen LogP contribution in [0.2, 0.25) is 0 Å². The van der Waals surface area contributed by atoms with Gasteiger partial charge in [0.25, 0.3) is 0 Å². The molecule has 3 nitrogen and oxygen atoms in total. The maximum atomic E-state index is 12.1. The number of amides is 1. The fourth-order valence-corrected chi connectivity index (χ4v) is 3.87. The number of hydrogen-bond acceptors (Lipinski definition) is 2. The van der Waals surface area contributed by atoms with Crippen LogP contribution in [0.4, 0.5) is 0 Å². The van der Waals surface area contributed by atoms with E-state index >= 15 is 0 Å². The summed E-state index contributed by atoms with van der Waals surface area (Å²) < 4.78 is 0. The van der Waals surface area contributed by atoms with E-state index in [9.17, 15) is 9.59 Å². The van der Waals surface area contributed by atoms with E-state index in [1.165, 1.54) is 0 Å². The van der Waals surface area contributed by atoms with Crippen molar-refractivity contribution in [2.45, 2.75) is 40.0 Å². The summed E-state index contributed by atoms with van der Waals surface area (Å²) in [5.74, 6) is 1.03. The first-order valence-corrected chi connectivity index (χ1v) is 7.99. The molecule has 1 amide bonds. The SMILES string of the molecule is CC(NC(=O)CCc1ccccc1)=C1C(=O)C[C@@H]2[C@@H]1C2(C)C. The summed E-state index contributed by atoms with van der Waals surface area (Å²) >= 11 is 0. The standard InChI is InChI=1S/C19H23NO2/c1-12(17-15(21)11-14-18(17)19(14,2)3)20-16(22)10-9-13-7-5-4-6-8-13/h4-8,14,18H,9-11H2,1-3H3,(H,20,22)/t14-,18+/m1/s1. The average Bonchev–Trinajstić information content (AvgIpc) is 2.84. The van der Waals surface area contributed by atoms with Gasteiger partial charge in [0.1, 0.15) is 0 Å². The summed E-state index contributed by atoms with van der Waals surface area (Å²) in [5.41, 5.74) is 3.01. The highest BCUT2D eigenvalue weighted by atomic mass is 16.1. The zero-order valence-electron chi connectivity index (χ0n) is 13.5. The van der Waals surface area contributed by atoms with E-state index in [0.29, 0.717) is 24.7 Å². The second-order valence-electron chi connectivity index (χ2n) is 7.11. The third kappa shape index (κ3) is 2.60. The molecular weight excluding hydrogens is 274 g/mol. The molecular formula is C19H23NO2. The molecule has 0 aromatic heterocycles. The zero-order chi connectivity index (χ0) is 15.9. The highest BCUT2D eigenvalue weighted by Gasteiger charge is 2.65. The van der Waals surface area contributed by atoms with Gasteiger partial charge in [-0.05, 0) is 36.2 Å². The minimum Gasteiger partial charge on any atom is -0.330 e. The molecule has 0 bridgehead atoms. The molecule has 3 heteroatoms. The van der Waals surface area contributed by atoms with Gasteiger partial charge in [0.2, 0.25) is 5.91 Å². The number of fused-ring (bicyclic) bond motifs is 1. The van der Waals surface area contributed by atoms with Gasteiger partial charge >= 0.3 is 0 Å². The van der Waals surface area contributed by atoms with E-state index < -0.39 is 0 Å². The van der Waals surface area contributed by atoms with Crippen LogP contribution in [0.3, 0.4) is 0 Å². The fraction of sp³-hybridized carbons (Fsp3) is 0.474. The Kier molecular flexibility index (Phi) is 3.67. The van der Waals surface area contributed by atoms with Gasteiger partial charge in [0.15, 0.2) is 5.78 Å². The number of Topliss-reactive ketones (excluding diaryl/α,β-unsaturated/α-hetero) is 1. The molecule has 2 aliphatic rings. The predicted molar refractivity (Wildman–Crippen MR) is 86.0 cm³/mol. The van der Waals surface area contributed by atoms with Crippen molar-refractivity contribution in [1.29, 1.82) is 0 Å². The van der Waals surface area contributed by atoms with E-state index in [1.807, 2.05) is 37.3 Å². The summed E-state index contributed by atoms with van der Waals surface area (Å²) in [6.07, 6.45) is 1.81. The van der Waals surface area contributed by atoms with Crippen molar-refractivity contribution in [3.05, 3.63) is 47.2 Å². The van der Waals surface area contributed by atoms with E-state index in [4.69, 9.17) is 0 Å². The number of carbonyl (C=O) groups excluding carboxylic acids is 2. The van der Waals surface area contributed by atoms with Crippen molar-refractivity contribution >= 4 is 11.7 Å². The summed E-state index contributed by atoms with van der Waals surface area (Å²) in [6, 6.07) is 9.98. The Morgan fingerprint density at radius 2 is 1.95 bits per heavy atom. The smallest absolute Gasteiger partial charge is 0.224 e. The minimum atomic E-state index is -0.0106. The molecule has 2 saturated carbocycles. The quantitative estimate of drug-likeness (QED) is 0.867. The third-order valence-electron chi connectivity index (χ3n) is 5.28. The lowest BCUT2D eigenvalue weighted by Crippen LogP contribution is -2.25. The maximum absolute atomic E-state index is 12.1. The maximum Gasteiger partial charge on any atom is 0.224 e. The monoisotopic (exact) mass is 297 g/mol. The van der Waals surface area contributed by atoms with Crippen LogP contribution in [0.25, 0.3) is 0 Å². The predicted octanol–water partition coefficient (Wildman–Crippen LogP) is 3.25. The summed E-state index contributed by atoms with van der Waals surface area (Å²) in [4.78, 5) is 24.2. The van der Waals surface area contributed by atoms with Crippen molar-refractivity contribution in [2.24, 2.45) is 17.3 Å². The van der Waals surface area contributed by atoms with Gasteiger partial charge in [-0.15, -0.1) is 0 Å². The Labute approximate surface area is 131 Å². The molecule has 3 rings (SSSR count). The van der Waals surface area contributed by atoms with Gasteiger partial charge in [0.05, 0.1) is 0 Å². The van der Waals surface area contributed by atoms with E-state index in [-0.39, 0.29) is 17.1 Å². The number of allylic oxidation sites excluding steroid dienone is 2. The number of carbonyl (C=O) groups is 2. The second-order valence-corrected chi connectivity index (χ2v) is 7.11. The highest BCUT2D eigenvalue weighted by Crippen LogP contribution is 2.68. The molecule has 2 atom stereocenters. The van der Waals surface area contributed by atoms with E-state index in [2.05, 4.69) is 19.2 Å². The fourth-order valence-electron chi connectivity index (χ4n) is 3.87. The van der Waals surface area contributed by atoms with E-state index in [0.717, 1.165) is 23.3 Å². The molecule has 0 aliphatic heterocycles. The van der Waals surface area contributed by atoms with Crippen LogP contribution < -0.4 is 5.32 Å². The van der Waals surface area contributed by atoms with Crippen LogP contribution >= 0.6 is 0 Å². The summed E-state index contributed by atoms with van der Waals surface area (Å²) in [6.45, 7) is 6.28. The van der Waals surface area contributed by atoms with Crippen LogP contribution in [0.15, 0.2) is 41.6 Å². The number of benzene rings is 1. The van der Waals surface area contributed by atoms with E-state index in [1.54, 1.807) is 0 Å². The van der Waals surface area contributed by atoms with Gasteiger partial charge in [0, 0.05) is 24.1 Å². The number of rotatable bonds is 4. The topological polar surface area (TPSA) is 46.2 Å². The highest BCUT2D eigenvalue weighted by molar-refractivity contribution is 6.01. The Bertz CT molecular complexity index is 643. The van der Waals surface area contributed by atoms with Gasteiger partial charge in [-0.25, -0.2) is 0 Å². The molecule has 0 heterocycles. The molecule has 1 aromatic rings. The summed E-state index contributed by atoms with van der Waals surface area (Å²) in [5, 5.41) is 2.94. The first kappa shape index (κ1) is 15.0. The molecule has 1 N–H and O–H groups in total. The van der Waals surface area contributed by atoms with Gasteiger partial charge < -0.3 is 5.32 Å². The van der Waals surface area contributed by atoms with Crippen LogP contribution in [0.5, 0.6) is 0 Å². The van der Waals surface area contributed by atoms with Crippen molar-refractivity contribution in [3.8, 4) is 0 Å². The number of hydrogen-bond donors (Lipinski definition) is 1. The van der Waals surface area contributed by atoms with Crippen molar-refractivity contribution < 1.29 is 9.59 Å². The van der Waals surface area contributed by atoms with Crippen molar-refractivity contribution in [2.75, 3.05) is 0 Å². The summed E-state index contributed by atoms with van der Waals surface area (Å²) in [7, 11) is 0. The Morgan fingerprint density at radius 3 is 2.59 bits per heavy atom. The van der Waals surface area contributed by atoms with Crippen molar-refractivity contribution in [3.63, 3.8) is 0 Å². The molecule has 2 aliphatic carbocycles. The molecule has 0 spiro atoms. The van der Waals surface area contributed by atoms with Crippen LogP contribution in [-0.2, 0) is 16.0 Å². The molecule has 22 heavy (non-hydrogen) atoms. The number of ketones is 1. The molecule has 0 saturated heterocycles. The first-order valence-electron chi connectivity index (χ1n) is 7.99. The lowest BCUT2D eigenvalue weighted by atomic mass is 9.95. The zero-order valence-corrected chi connectivity index (χ0v) is 13.5. The largest absolute Gasteiger partial charge is 0.330 e.